The number of hydrogen-bond acceptors (Lipinski definition) is 4. The molecule has 0 saturated heterocycles. The third-order valence-electron chi connectivity index (χ3n) is 14.9. The van der Waals surface area contributed by atoms with E-state index in [0.29, 0.717) is 11.8 Å². The van der Waals surface area contributed by atoms with Crippen LogP contribution in [0.1, 0.15) is 0 Å². The number of para-hydroxylation sites is 2. The van der Waals surface area contributed by atoms with Crippen LogP contribution in [0.5, 0.6) is 0 Å². The van der Waals surface area contributed by atoms with Crippen molar-refractivity contribution < 1.29 is 8.83 Å². The molecule has 4 heterocycles. The number of nitrogens with zero attached hydrogens (tertiary/aromatic N) is 4. The van der Waals surface area contributed by atoms with E-state index in [9.17, 15) is 0 Å². The van der Waals surface area contributed by atoms with Gasteiger partial charge in [0.25, 0.3) is 0 Å². The van der Waals surface area contributed by atoms with E-state index in [1.807, 2.05) is 12.1 Å². The van der Waals surface area contributed by atoms with Crippen LogP contribution in [0.2, 0.25) is 0 Å². The molecule has 334 valence electrons. The molecule has 16 rings (SSSR count). The molecule has 0 bridgehead atoms. The summed E-state index contributed by atoms with van der Waals surface area (Å²) in [7, 11) is 0. The van der Waals surface area contributed by atoms with Crippen LogP contribution >= 0.6 is 0 Å². The standard InChI is InChI=1S/C66H38N4O2/c1-5-17-49-45(13-1)47-15-3-7-19-51(47)63-61(49)53-21-9-11-23-57(53)69(63)43-31-25-39(26-32-43)65-67-55-35-29-41(37-59(55)71-65)42-30-36-56-60(38-42)72-66(68-56)40-27-33-44(34-28-40)70-58-24-12-10-22-54(58)62-50-18-6-2-14-46(50)48-16-4-8-20-52(48)64(62)70/h1-38H. The van der Waals surface area contributed by atoms with Crippen molar-refractivity contribution in [1.29, 1.82) is 0 Å². The van der Waals surface area contributed by atoms with Crippen molar-refractivity contribution in [2.24, 2.45) is 0 Å². The Hall–Kier alpha value is -9.78. The van der Waals surface area contributed by atoms with Gasteiger partial charge in [-0.2, -0.15) is 0 Å². The highest BCUT2D eigenvalue weighted by Gasteiger charge is 2.21. The number of hydrogen-bond donors (Lipinski definition) is 0. The lowest BCUT2D eigenvalue weighted by molar-refractivity contribution is 0.619. The topological polar surface area (TPSA) is 61.9 Å². The summed E-state index contributed by atoms with van der Waals surface area (Å²) in [6, 6.07) is 82.0. The number of aromatic nitrogens is 4. The lowest BCUT2D eigenvalue weighted by Crippen LogP contribution is -1.95. The third kappa shape index (κ3) is 5.60. The van der Waals surface area contributed by atoms with E-state index < -0.39 is 0 Å². The van der Waals surface area contributed by atoms with Crippen LogP contribution in [0.4, 0.5) is 0 Å². The van der Waals surface area contributed by atoms with Gasteiger partial charge in [0.05, 0.1) is 22.1 Å². The molecule has 0 unspecified atom stereocenters. The SMILES string of the molecule is c1ccc2c(c1)c1ccccc1c1c2c2ccccc2n1-c1ccc(-c2nc3ccc(-c4ccc5nc(-c6ccc(-n7c8ccccc8c8c9ccccc9c9ccccc9c87)cc6)oc5c4)cc3o2)cc1. The van der Waals surface area contributed by atoms with Gasteiger partial charge >= 0.3 is 0 Å². The first-order chi connectivity index (χ1) is 35.7. The van der Waals surface area contributed by atoms with E-state index in [-0.39, 0.29) is 0 Å². The minimum atomic E-state index is 0.578. The molecule has 0 aliphatic heterocycles. The minimum absolute atomic E-state index is 0.578. The third-order valence-corrected chi connectivity index (χ3v) is 14.9. The zero-order chi connectivity index (χ0) is 47.0. The van der Waals surface area contributed by atoms with E-state index in [1.54, 1.807) is 0 Å². The van der Waals surface area contributed by atoms with Crippen molar-refractivity contribution >= 4 is 109 Å². The fourth-order valence-corrected chi connectivity index (χ4v) is 11.8. The lowest BCUT2D eigenvalue weighted by Gasteiger charge is -2.12. The molecule has 0 radical (unpaired) electrons. The molecule has 6 nitrogen and oxygen atoms in total. The summed E-state index contributed by atoms with van der Waals surface area (Å²) in [4.78, 5) is 9.89. The molecular formula is C66H38N4O2. The molecule has 0 aliphatic carbocycles. The molecule has 0 atom stereocenters. The molecule has 4 aromatic heterocycles. The van der Waals surface area contributed by atoms with Gasteiger partial charge in [0, 0.05) is 54.8 Å². The van der Waals surface area contributed by atoms with Crippen molar-refractivity contribution in [1.82, 2.24) is 19.1 Å². The van der Waals surface area contributed by atoms with E-state index in [2.05, 4.69) is 228 Å². The molecular weight excluding hydrogens is 881 g/mol. The van der Waals surface area contributed by atoms with E-state index >= 15 is 0 Å². The Morgan fingerprint density at radius 3 is 1.00 bits per heavy atom. The molecule has 72 heavy (non-hydrogen) atoms. The largest absolute Gasteiger partial charge is 0.436 e. The van der Waals surface area contributed by atoms with Gasteiger partial charge in [0.2, 0.25) is 11.8 Å². The van der Waals surface area contributed by atoms with Crippen LogP contribution in [0.15, 0.2) is 239 Å². The molecule has 0 spiro atoms. The molecule has 6 heteroatoms. The smallest absolute Gasteiger partial charge is 0.227 e. The Kier molecular flexibility index (Phi) is 8.07. The monoisotopic (exact) mass is 918 g/mol. The maximum Gasteiger partial charge on any atom is 0.227 e. The van der Waals surface area contributed by atoms with Gasteiger partial charge in [0.1, 0.15) is 11.0 Å². The molecule has 0 saturated carbocycles. The molecule has 0 aliphatic rings. The quantitative estimate of drug-likeness (QED) is 0.161. The number of oxazole rings is 2. The average Bonchev–Trinajstić information content (AvgIpc) is 4.24. The first-order valence-corrected chi connectivity index (χ1v) is 24.4. The molecule has 0 N–H and O–H groups in total. The summed E-state index contributed by atoms with van der Waals surface area (Å²) < 4.78 is 17.8. The van der Waals surface area contributed by atoms with E-state index in [1.165, 1.54) is 86.7 Å². The van der Waals surface area contributed by atoms with Gasteiger partial charge in [-0.15, -0.1) is 0 Å². The summed E-state index contributed by atoms with van der Waals surface area (Å²) >= 11 is 0. The minimum Gasteiger partial charge on any atom is -0.436 e. The maximum atomic E-state index is 6.51. The summed E-state index contributed by atoms with van der Waals surface area (Å²) in [6.45, 7) is 0. The summed E-state index contributed by atoms with van der Waals surface area (Å²) in [5.41, 5.74) is 13.8. The Balaban J connectivity index is 0.722. The van der Waals surface area contributed by atoms with Crippen LogP contribution in [-0.2, 0) is 0 Å². The van der Waals surface area contributed by atoms with Crippen molar-refractivity contribution in [3.63, 3.8) is 0 Å². The second kappa shape index (κ2) is 14.9. The highest BCUT2D eigenvalue weighted by Crippen LogP contribution is 2.45. The fourth-order valence-electron chi connectivity index (χ4n) is 11.8. The Morgan fingerprint density at radius 1 is 0.278 bits per heavy atom. The number of rotatable bonds is 5. The van der Waals surface area contributed by atoms with Crippen LogP contribution in [0.3, 0.4) is 0 Å². The van der Waals surface area contributed by atoms with Crippen LogP contribution in [0, 0.1) is 0 Å². The second-order valence-corrected chi connectivity index (χ2v) is 18.8. The number of fused-ring (bicyclic) bond motifs is 18. The number of benzene rings is 12. The summed E-state index contributed by atoms with van der Waals surface area (Å²) in [6.07, 6.45) is 0. The molecule has 0 amide bonds. The van der Waals surface area contributed by atoms with Crippen molar-refractivity contribution in [2.75, 3.05) is 0 Å². The van der Waals surface area contributed by atoms with Gasteiger partial charge in [-0.1, -0.05) is 146 Å². The normalized spacial score (nSPS) is 12.2. The Labute approximate surface area is 410 Å². The van der Waals surface area contributed by atoms with Gasteiger partial charge in [0.15, 0.2) is 11.2 Å². The highest BCUT2D eigenvalue weighted by atomic mass is 16.4. The average molecular weight is 919 g/mol. The van der Waals surface area contributed by atoms with E-state index in [4.69, 9.17) is 18.8 Å². The van der Waals surface area contributed by atoms with Crippen LogP contribution in [0.25, 0.3) is 154 Å². The van der Waals surface area contributed by atoms with Crippen molar-refractivity contribution in [2.45, 2.75) is 0 Å². The first kappa shape index (κ1) is 39.1. The Morgan fingerprint density at radius 2 is 0.597 bits per heavy atom. The predicted molar refractivity (Wildman–Crippen MR) is 297 cm³/mol. The molecule has 0 fully saturated rings. The Bertz CT molecular complexity index is 4600. The lowest BCUT2D eigenvalue weighted by atomic mass is 9.97. The maximum absolute atomic E-state index is 6.51. The van der Waals surface area contributed by atoms with Gasteiger partial charge in [-0.3, -0.25) is 0 Å². The van der Waals surface area contributed by atoms with Crippen molar-refractivity contribution in [3.8, 4) is 45.4 Å². The zero-order valence-corrected chi connectivity index (χ0v) is 38.5. The van der Waals surface area contributed by atoms with Gasteiger partial charge < -0.3 is 18.0 Å². The van der Waals surface area contributed by atoms with E-state index in [0.717, 1.165) is 55.8 Å². The predicted octanol–water partition coefficient (Wildman–Crippen LogP) is 17.8. The summed E-state index contributed by atoms with van der Waals surface area (Å²) in [5, 5.41) is 15.0. The zero-order valence-electron chi connectivity index (χ0n) is 38.5. The highest BCUT2D eigenvalue weighted by molar-refractivity contribution is 6.33. The van der Waals surface area contributed by atoms with Crippen molar-refractivity contribution in [3.05, 3.63) is 231 Å². The summed E-state index contributed by atoms with van der Waals surface area (Å²) in [5.74, 6) is 1.16. The van der Waals surface area contributed by atoms with Gasteiger partial charge in [-0.25, -0.2) is 9.97 Å². The fraction of sp³-hybridized carbons (Fsp3) is 0. The van der Waals surface area contributed by atoms with Gasteiger partial charge in [-0.05, 0) is 128 Å². The second-order valence-electron chi connectivity index (χ2n) is 18.8. The first-order valence-electron chi connectivity index (χ1n) is 24.4. The van der Waals surface area contributed by atoms with Crippen LogP contribution < -0.4 is 0 Å². The molecule has 16 aromatic rings. The molecule has 12 aromatic carbocycles. The van der Waals surface area contributed by atoms with Crippen LogP contribution in [-0.4, -0.2) is 19.1 Å².